The Morgan fingerprint density at radius 2 is 1.69 bits per heavy atom. The Kier molecular flexibility index (Phi) is 8.44. The second-order valence-electron chi connectivity index (χ2n) is 9.79. The van der Waals surface area contributed by atoms with Gasteiger partial charge in [-0.15, -0.1) is 0 Å². The molecule has 0 saturated carbocycles. The normalized spacial score (nSPS) is 21.1. The van der Waals surface area contributed by atoms with E-state index in [0.29, 0.717) is 38.3 Å². The fraction of sp³-hybridized carbons (Fsp3) is 0.481. The molecule has 2 aliphatic heterocycles. The van der Waals surface area contributed by atoms with Gasteiger partial charge < -0.3 is 19.4 Å². The molecule has 2 amide bonds. The van der Waals surface area contributed by atoms with E-state index < -0.39 is 5.41 Å². The Morgan fingerprint density at radius 1 is 0.971 bits per heavy atom. The fourth-order valence-electron chi connectivity index (χ4n) is 4.91. The smallest absolute Gasteiger partial charge is 0.227 e. The molecule has 0 unspecified atom stereocenters. The number of hydrogen-bond acceptors (Lipinski definition) is 4. The molecule has 1 atom stereocenters. The highest BCUT2D eigenvalue weighted by molar-refractivity contribution is 9.10. The second kappa shape index (κ2) is 11.5. The van der Waals surface area contributed by atoms with Crippen LogP contribution in [0.2, 0.25) is 0 Å². The number of benzene rings is 2. The van der Waals surface area contributed by atoms with E-state index in [4.69, 9.17) is 4.74 Å². The van der Waals surface area contributed by atoms with Gasteiger partial charge in [-0.3, -0.25) is 9.59 Å². The molecule has 2 heterocycles. The third-order valence-corrected chi connectivity index (χ3v) is 7.83. The zero-order chi connectivity index (χ0) is 24.8. The number of piperazine rings is 1. The molecule has 2 aliphatic rings. The van der Waals surface area contributed by atoms with Crippen LogP contribution in [0, 0.1) is 11.2 Å². The van der Waals surface area contributed by atoms with Crippen molar-refractivity contribution < 1.29 is 18.7 Å². The molecule has 2 fully saturated rings. The summed E-state index contributed by atoms with van der Waals surface area (Å²) in [5, 5.41) is 0. The van der Waals surface area contributed by atoms with Crippen LogP contribution in [-0.2, 0) is 16.0 Å². The predicted molar refractivity (Wildman–Crippen MR) is 137 cm³/mol. The molecule has 188 valence electrons. The lowest BCUT2D eigenvalue weighted by atomic mass is 9.77. The predicted octanol–water partition coefficient (Wildman–Crippen LogP) is 3.98. The Hall–Kier alpha value is -2.45. The molecule has 0 aliphatic carbocycles. The quantitative estimate of drug-likeness (QED) is 0.528. The third-order valence-electron chi connectivity index (χ3n) is 7.05. The van der Waals surface area contributed by atoms with E-state index in [-0.39, 0.29) is 17.6 Å². The number of piperidine rings is 1. The minimum Gasteiger partial charge on any atom is -0.493 e. The Morgan fingerprint density at radius 3 is 2.40 bits per heavy atom. The molecule has 4 rings (SSSR count). The molecule has 0 N–H and O–H groups in total. The molecule has 2 aromatic carbocycles. The van der Waals surface area contributed by atoms with Crippen LogP contribution in [-0.4, -0.2) is 79.4 Å². The summed E-state index contributed by atoms with van der Waals surface area (Å²) < 4.78 is 20.4. The number of amides is 2. The van der Waals surface area contributed by atoms with Crippen molar-refractivity contribution in [3.8, 4) is 5.75 Å². The molecule has 0 radical (unpaired) electrons. The molecule has 2 saturated heterocycles. The van der Waals surface area contributed by atoms with Crippen LogP contribution in [0.25, 0.3) is 0 Å². The van der Waals surface area contributed by atoms with Gasteiger partial charge in [0.15, 0.2) is 0 Å². The van der Waals surface area contributed by atoms with Crippen molar-refractivity contribution in [2.45, 2.75) is 25.7 Å². The molecule has 6 nitrogen and oxygen atoms in total. The van der Waals surface area contributed by atoms with Gasteiger partial charge in [-0.05, 0) is 55.8 Å². The largest absolute Gasteiger partial charge is 0.493 e. The first-order chi connectivity index (χ1) is 16.8. The maximum Gasteiger partial charge on any atom is 0.227 e. The van der Waals surface area contributed by atoms with Crippen LogP contribution >= 0.6 is 15.9 Å². The van der Waals surface area contributed by atoms with Crippen LogP contribution < -0.4 is 4.74 Å². The van der Waals surface area contributed by atoms with E-state index >= 15 is 0 Å². The fourth-order valence-corrected chi connectivity index (χ4v) is 5.33. The van der Waals surface area contributed by atoms with E-state index in [9.17, 15) is 14.0 Å². The minimum absolute atomic E-state index is 0.0507. The summed E-state index contributed by atoms with van der Waals surface area (Å²) in [6, 6.07) is 13.7. The lowest BCUT2D eigenvalue weighted by Crippen LogP contribution is -2.53. The summed E-state index contributed by atoms with van der Waals surface area (Å²) >= 11 is 3.54. The van der Waals surface area contributed by atoms with Crippen molar-refractivity contribution >= 4 is 27.7 Å². The number of carbonyl (C=O) groups is 2. The van der Waals surface area contributed by atoms with Crippen LogP contribution in [0.15, 0.2) is 53.0 Å². The maximum atomic E-state index is 13.4. The maximum absolute atomic E-state index is 13.4. The number of rotatable bonds is 7. The summed E-state index contributed by atoms with van der Waals surface area (Å²) in [6.45, 7) is 4.60. The first kappa shape index (κ1) is 25.6. The number of carbonyl (C=O) groups excluding carboxylic acids is 2. The van der Waals surface area contributed by atoms with Gasteiger partial charge >= 0.3 is 0 Å². The molecular weight excluding hydrogens is 513 g/mol. The monoisotopic (exact) mass is 545 g/mol. The van der Waals surface area contributed by atoms with Crippen LogP contribution in [0.4, 0.5) is 4.39 Å². The highest BCUT2D eigenvalue weighted by atomic mass is 79.9. The van der Waals surface area contributed by atoms with E-state index in [1.807, 2.05) is 34.1 Å². The first-order valence-electron chi connectivity index (χ1n) is 12.2. The first-order valence-corrected chi connectivity index (χ1v) is 13.0. The van der Waals surface area contributed by atoms with Gasteiger partial charge in [0.1, 0.15) is 11.6 Å². The number of halogens is 2. The number of likely N-dealkylation sites (tertiary alicyclic amines) is 1. The van der Waals surface area contributed by atoms with Gasteiger partial charge in [-0.25, -0.2) is 4.39 Å². The van der Waals surface area contributed by atoms with Gasteiger partial charge in [0.2, 0.25) is 11.8 Å². The molecule has 2 aromatic rings. The summed E-state index contributed by atoms with van der Waals surface area (Å²) in [5.41, 5.74) is 0.459. The summed E-state index contributed by atoms with van der Waals surface area (Å²) in [4.78, 5) is 32.6. The SMILES string of the molecule is CN1CCN(C(=O)C[C@]2(COc3ccc(F)cc3)CCCN(C(=O)Cc3ccccc3Br)C2)CC1. The Labute approximate surface area is 215 Å². The van der Waals surface area contributed by atoms with Gasteiger partial charge in [-0.1, -0.05) is 34.1 Å². The number of nitrogens with zero attached hydrogens (tertiary/aromatic N) is 3. The lowest BCUT2D eigenvalue weighted by Gasteiger charge is -2.43. The van der Waals surface area contributed by atoms with Crippen molar-refractivity contribution in [3.63, 3.8) is 0 Å². The van der Waals surface area contributed by atoms with Gasteiger partial charge in [0.05, 0.1) is 13.0 Å². The number of ether oxygens (including phenoxy) is 1. The number of hydrogen-bond donors (Lipinski definition) is 0. The van der Waals surface area contributed by atoms with Crippen LogP contribution in [0.3, 0.4) is 0 Å². The van der Waals surface area contributed by atoms with Crippen molar-refractivity contribution in [1.29, 1.82) is 0 Å². The van der Waals surface area contributed by atoms with E-state index in [2.05, 4.69) is 27.9 Å². The standard InChI is InChI=1S/C27H33BrFN3O3/c1-30-13-15-31(16-14-30)26(34)18-27(20-35-23-9-7-22(29)8-10-23)11-4-12-32(19-27)25(33)17-21-5-2-3-6-24(21)28/h2-3,5-10H,4,11-20H2,1H3/t27-/m1/s1. The summed E-state index contributed by atoms with van der Waals surface area (Å²) in [7, 11) is 2.07. The molecule has 8 heteroatoms. The Bertz CT molecular complexity index is 1030. The van der Waals surface area contributed by atoms with Gasteiger partial charge in [0, 0.05) is 55.6 Å². The average Bonchev–Trinajstić information content (AvgIpc) is 2.85. The lowest BCUT2D eigenvalue weighted by molar-refractivity contribution is -0.142. The molecule has 0 spiro atoms. The summed E-state index contributed by atoms with van der Waals surface area (Å²) in [5.74, 6) is 0.406. The third kappa shape index (κ3) is 6.82. The zero-order valence-corrected chi connectivity index (χ0v) is 21.8. The molecule has 35 heavy (non-hydrogen) atoms. The van der Waals surface area contributed by atoms with Crippen LogP contribution in [0.1, 0.15) is 24.8 Å². The molecule has 0 bridgehead atoms. The second-order valence-corrected chi connectivity index (χ2v) is 10.6. The van der Waals surface area contributed by atoms with E-state index in [0.717, 1.165) is 49.1 Å². The van der Waals surface area contributed by atoms with Gasteiger partial charge in [-0.2, -0.15) is 0 Å². The van der Waals surface area contributed by atoms with Gasteiger partial charge in [0.25, 0.3) is 0 Å². The van der Waals surface area contributed by atoms with Crippen molar-refractivity contribution in [2.24, 2.45) is 5.41 Å². The highest BCUT2D eigenvalue weighted by Crippen LogP contribution is 2.36. The van der Waals surface area contributed by atoms with Crippen LogP contribution in [0.5, 0.6) is 5.75 Å². The minimum atomic E-state index is -0.489. The molecular formula is C27H33BrFN3O3. The Balaban J connectivity index is 1.49. The van der Waals surface area contributed by atoms with E-state index in [1.54, 1.807) is 12.1 Å². The van der Waals surface area contributed by atoms with Crippen molar-refractivity contribution in [3.05, 3.63) is 64.4 Å². The average molecular weight is 546 g/mol. The number of likely N-dealkylation sites (N-methyl/N-ethyl adjacent to an activating group) is 1. The molecule has 0 aromatic heterocycles. The zero-order valence-electron chi connectivity index (χ0n) is 20.2. The van der Waals surface area contributed by atoms with Crippen molar-refractivity contribution in [2.75, 3.05) is 52.9 Å². The van der Waals surface area contributed by atoms with Crippen molar-refractivity contribution in [1.82, 2.24) is 14.7 Å². The summed E-state index contributed by atoms with van der Waals surface area (Å²) in [6.07, 6.45) is 2.25. The highest BCUT2D eigenvalue weighted by Gasteiger charge is 2.41. The topological polar surface area (TPSA) is 53.1 Å². The van der Waals surface area contributed by atoms with E-state index in [1.165, 1.54) is 12.1 Å².